The highest BCUT2D eigenvalue weighted by Gasteiger charge is 2.17. The summed E-state index contributed by atoms with van der Waals surface area (Å²) in [4.78, 5) is 34.6. The number of rotatable bonds is 5. The zero-order chi connectivity index (χ0) is 17.0. The van der Waals surface area contributed by atoms with E-state index >= 15 is 0 Å². The van der Waals surface area contributed by atoms with E-state index in [1.54, 1.807) is 19.1 Å². The SMILES string of the molecule is CCOC(=O)c1cnc(Cl)nc1Nc1ccc(C(C)C)[nH]c1=O. The number of nitrogens with zero attached hydrogens (tertiary/aromatic N) is 2. The van der Waals surface area contributed by atoms with Crippen LogP contribution in [0.25, 0.3) is 0 Å². The van der Waals surface area contributed by atoms with Crippen molar-refractivity contribution in [2.75, 3.05) is 11.9 Å². The van der Waals surface area contributed by atoms with E-state index in [4.69, 9.17) is 16.3 Å². The van der Waals surface area contributed by atoms with Crippen LogP contribution >= 0.6 is 11.6 Å². The summed E-state index contributed by atoms with van der Waals surface area (Å²) in [7, 11) is 0. The maximum Gasteiger partial charge on any atom is 0.343 e. The molecule has 0 aliphatic heterocycles. The highest BCUT2D eigenvalue weighted by Crippen LogP contribution is 2.19. The van der Waals surface area contributed by atoms with E-state index in [0.29, 0.717) is 0 Å². The van der Waals surface area contributed by atoms with Gasteiger partial charge in [0.15, 0.2) is 0 Å². The summed E-state index contributed by atoms with van der Waals surface area (Å²) in [6, 6.07) is 3.42. The van der Waals surface area contributed by atoms with E-state index in [-0.39, 0.29) is 40.4 Å². The van der Waals surface area contributed by atoms with Gasteiger partial charge in [0.1, 0.15) is 17.1 Å². The Kier molecular flexibility index (Phi) is 5.33. The number of pyridine rings is 1. The number of halogens is 1. The maximum atomic E-state index is 12.1. The van der Waals surface area contributed by atoms with E-state index in [1.165, 1.54) is 6.20 Å². The number of hydrogen-bond donors (Lipinski definition) is 2. The lowest BCUT2D eigenvalue weighted by molar-refractivity contribution is 0.0526. The molecule has 23 heavy (non-hydrogen) atoms. The third-order valence-corrected chi connectivity index (χ3v) is 3.24. The number of hydrogen-bond acceptors (Lipinski definition) is 6. The fraction of sp³-hybridized carbons (Fsp3) is 0.333. The third kappa shape index (κ3) is 4.07. The molecule has 2 aromatic heterocycles. The Morgan fingerprint density at radius 1 is 1.43 bits per heavy atom. The molecule has 2 rings (SSSR count). The Labute approximate surface area is 138 Å². The minimum absolute atomic E-state index is 0.0456. The second kappa shape index (κ2) is 7.23. The van der Waals surface area contributed by atoms with Crippen molar-refractivity contribution >= 4 is 29.1 Å². The van der Waals surface area contributed by atoms with E-state index in [2.05, 4.69) is 20.3 Å². The molecule has 2 heterocycles. The fourth-order valence-electron chi connectivity index (χ4n) is 1.87. The van der Waals surface area contributed by atoms with Gasteiger partial charge in [-0.05, 0) is 36.6 Å². The molecule has 0 aromatic carbocycles. The van der Waals surface area contributed by atoms with Crippen molar-refractivity contribution < 1.29 is 9.53 Å². The largest absolute Gasteiger partial charge is 0.462 e. The third-order valence-electron chi connectivity index (χ3n) is 3.06. The summed E-state index contributed by atoms with van der Waals surface area (Å²) in [5.74, 6) is -0.284. The summed E-state index contributed by atoms with van der Waals surface area (Å²) < 4.78 is 4.94. The number of nitrogens with one attached hydrogen (secondary N) is 2. The average molecular weight is 337 g/mol. The molecule has 0 atom stereocenters. The lowest BCUT2D eigenvalue weighted by Crippen LogP contribution is -2.16. The molecule has 0 fully saturated rings. The first-order chi connectivity index (χ1) is 10.9. The van der Waals surface area contributed by atoms with E-state index < -0.39 is 5.97 Å². The lowest BCUT2D eigenvalue weighted by atomic mass is 10.1. The number of carbonyl (C=O) groups excluding carboxylic acids is 1. The first-order valence-electron chi connectivity index (χ1n) is 7.12. The van der Waals surface area contributed by atoms with E-state index in [9.17, 15) is 9.59 Å². The summed E-state index contributed by atoms with van der Waals surface area (Å²) in [6.45, 7) is 5.85. The number of carbonyl (C=O) groups is 1. The van der Waals surface area contributed by atoms with Gasteiger partial charge in [-0.2, -0.15) is 4.98 Å². The molecule has 0 amide bonds. The number of aromatic nitrogens is 3. The second-order valence-corrected chi connectivity index (χ2v) is 5.40. The number of esters is 1. The van der Waals surface area contributed by atoms with Gasteiger partial charge >= 0.3 is 5.97 Å². The topological polar surface area (TPSA) is 97.0 Å². The van der Waals surface area contributed by atoms with Crippen molar-refractivity contribution in [2.24, 2.45) is 0 Å². The molecule has 7 nitrogen and oxygen atoms in total. The van der Waals surface area contributed by atoms with Crippen molar-refractivity contribution in [1.29, 1.82) is 0 Å². The zero-order valence-corrected chi connectivity index (χ0v) is 13.8. The highest BCUT2D eigenvalue weighted by atomic mass is 35.5. The van der Waals surface area contributed by atoms with Crippen molar-refractivity contribution in [3.63, 3.8) is 0 Å². The fourth-order valence-corrected chi connectivity index (χ4v) is 2.00. The van der Waals surface area contributed by atoms with Gasteiger partial charge in [0, 0.05) is 11.9 Å². The number of ether oxygens (including phenoxy) is 1. The predicted octanol–water partition coefficient (Wildman–Crippen LogP) is 2.86. The van der Waals surface area contributed by atoms with Crippen molar-refractivity contribution in [3.8, 4) is 0 Å². The Hall–Kier alpha value is -2.41. The first-order valence-corrected chi connectivity index (χ1v) is 7.50. The Morgan fingerprint density at radius 2 is 2.17 bits per heavy atom. The Morgan fingerprint density at radius 3 is 2.78 bits per heavy atom. The molecule has 0 saturated carbocycles. The smallest absolute Gasteiger partial charge is 0.343 e. The normalized spacial score (nSPS) is 10.7. The van der Waals surface area contributed by atoms with Crippen LogP contribution in [-0.4, -0.2) is 27.5 Å². The molecule has 2 aromatic rings. The summed E-state index contributed by atoms with van der Waals surface area (Å²) in [5.41, 5.74) is 0.839. The average Bonchev–Trinajstić information content (AvgIpc) is 2.49. The van der Waals surface area contributed by atoms with Crippen LogP contribution in [-0.2, 0) is 4.74 Å². The second-order valence-electron chi connectivity index (χ2n) is 5.06. The van der Waals surface area contributed by atoms with E-state index in [0.717, 1.165) is 5.69 Å². The van der Waals surface area contributed by atoms with Gasteiger partial charge in [0.25, 0.3) is 5.56 Å². The maximum absolute atomic E-state index is 12.1. The van der Waals surface area contributed by atoms with Crippen LogP contribution in [0.5, 0.6) is 0 Å². The summed E-state index contributed by atoms with van der Waals surface area (Å²) in [6.07, 6.45) is 1.26. The Balaban J connectivity index is 2.38. The number of H-pyrrole nitrogens is 1. The summed E-state index contributed by atoms with van der Waals surface area (Å²) in [5, 5.41) is 2.76. The lowest BCUT2D eigenvalue weighted by Gasteiger charge is -2.11. The quantitative estimate of drug-likeness (QED) is 0.643. The molecule has 0 saturated heterocycles. The molecule has 2 N–H and O–H groups in total. The van der Waals surface area contributed by atoms with Crippen LogP contribution in [0.3, 0.4) is 0 Å². The molecule has 0 spiro atoms. The molecule has 0 bridgehead atoms. The molecule has 8 heteroatoms. The molecule has 0 radical (unpaired) electrons. The van der Waals surface area contributed by atoms with Gasteiger partial charge in [-0.1, -0.05) is 13.8 Å². The summed E-state index contributed by atoms with van der Waals surface area (Å²) >= 11 is 5.77. The molecule has 122 valence electrons. The van der Waals surface area contributed by atoms with Gasteiger partial charge < -0.3 is 15.0 Å². The van der Waals surface area contributed by atoms with Crippen LogP contribution in [0.4, 0.5) is 11.5 Å². The van der Waals surface area contributed by atoms with Crippen molar-refractivity contribution in [2.45, 2.75) is 26.7 Å². The first kappa shape index (κ1) is 17.0. The monoisotopic (exact) mass is 336 g/mol. The van der Waals surface area contributed by atoms with Crippen LogP contribution in [0, 0.1) is 0 Å². The van der Waals surface area contributed by atoms with Gasteiger partial charge in [0.05, 0.1) is 6.61 Å². The van der Waals surface area contributed by atoms with Gasteiger partial charge in [-0.15, -0.1) is 0 Å². The standard InChI is InChI=1S/C15H17ClN4O3/c1-4-23-14(22)9-7-17-15(16)20-12(9)18-11-6-5-10(8(2)3)19-13(11)21/h5-8H,4H2,1-3H3,(H,19,21)(H,17,18,20). The molecule has 0 aliphatic rings. The van der Waals surface area contributed by atoms with Gasteiger partial charge in [-0.25, -0.2) is 9.78 Å². The predicted molar refractivity (Wildman–Crippen MR) is 87.4 cm³/mol. The molecule has 0 unspecified atom stereocenters. The minimum atomic E-state index is -0.595. The zero-order valence-electron chi connectivity index (χ0n) is 13.0. The number of aromatic amines is 1. The van der Waals surface area contributed by atoms with Gasteiger partial charge in [0.2, 0.25) is 5.28 Å². The van der Waals surface area contributed by atoms with Crippen molar-refractivity contribution in [1.82, 2.24) is 15.0 Å². The van der Waals surface area contributed by atoms with Crippen LogP contribution in [0.1, 0.15) is 42.7 Å². The molecule has 0 aliphatic carbocycles. The highest BCUT2D eigenvalue weighted by molar-refractivity contribution is 6.28. The van der Waals surface area contributed by atoms with Crippen molar-refractivity contribution in [3.05, 3.63) is 45.2 Å². The minimum Gasteiger partial charge on any atom is -0.462 e. The number of anilines is 2. The van der Waals surface area contributed by atoms with Crippen LogP contribution in [0.2, 0.25) is 5.28 Å². The van der Waals surface area contributed by atoms with Crippen LogP contribution < -0.4 is 10.9 Å². The van der Waals surface area contributed by atoms with Crippen LogP contribution in [0.15, 0.2) is 23.1 Å². The molecular formula is C15H17ClN4O3. The van der Waals surface area contributed by atoms with Gasteiger partial charge in [-0.3, -0.25) is 4.79 Å². The van der Waals surface area contributed by atoms with E-state index in [1.807, 2.05) is 13.8 Å². The molecular weight excluding hydrogens is 320 g/mol. The Bertz CT molecular complexity index is 774.